The number of unbranched alkanes of at least 4 members (excludes halogenated alkanes) is 9. The standard InChI is InChI=1S/C17H33/c1-5-6-7-8-9-10-11-12-13-14-15-17(4)16(2)3/h2,5-15H2,1,3-4H3/b17-16-. The number of rotatable bonds is 11. The van der Waals surface area contributed by atoms with E-state index in [4.69, 9.17) is 0 Å². The van der Waals surface area contributed by atoms with Crippen LogP contribution in [0.25, 0.3) is 0 Å². The molecule has 0 aliphatic rings. The van der Waals surface area contributed by atoms with E-state index >= 15 is 0 Å². The van der Waals surface area contributed by atoms with Gasteiger partial charge < -0.3 is 0 Å². The first-order valence-electron chi connectivity index (χ1n) is 7.66. The van der Waals surface area contributed by atoms with E-state index in [0.29, 0.717) is 0 Å². The van der Waals surface area contributed by atoms with Gasteiger partial charge in [0.05, 0.1) is 0 Å². The summed E-state index contributed by atoms with van der Waals surface area (Å²) in [7, 11) is 0. The second-order valence-electron chi connectivity index (χ2n) is 5.49. The van der Waals surface area contributed by atoms with Crippen LogP contribution in [0.5, 0.6) is 0 Å². The van der Waals surface area contributed by atoms with Crippen molar-refractivity contribution in [2.24, 2.45) is 0 Å². The van der Waals surface area contributed by atoms with Gasteiger partial charge in [-0.05, 0) is 33.6 Å². The number of hydrogen-bond acceptors (Lipinski definition) is 0. The predicted octanol–water partition coefficient (Wildman–Crippen LogP) is 6.47. The van der Waals surface area contributed by atoms with Crippen molar-refractivity contribution in [1.29, 1.82) is 0 Å². The molecular weight excluding hydrogens is 204 g/mol. The molecule has 0 rings (SSSR count). The van der Waals surface area contributed by atoms with E-state index in [-0.39, 0.29) is 0 Å². The van der Waals surface area contributed by atoms with Crippen LogP contribution in [0.2, 0.25) is 0 Å². The molecule has 0 aliphatic carbocycles. The van der Waals surface area contributed by atoms with Crippen LogP contribution in [-0.2, 0) is 0 Å². The van der Waals surface area contributed by atoms with Crippen molar-refractivity contribution < 1.29 is 0 Å². The van der Waals surface area contributed by atoms with Gasteiger partial charge in [0.1, 0.15) is 0 Å². The fourth-order valence-corrected chi connectivity index (χ4v) is 2.09. The molecule has 1 radical (unpaired) electrons. The van der Waals surface area contributed by atoms with Crippen molar-refractivity contribution >= 4 is 0 Å². The minimum atomic E-state index is 1.26. The molecule has 0 unspecified atom stereocenters. The molecule has 0 aliphatic heterocycles. The largest absolute Gasteiger partial charge is 0.0744 e. The van der Waals surface area contributed by atoms with Gasteiger partial charge in [-0.3, -0.25) is 0 Å². The highest BCUT2D eigenvalue weighted by Crippen LogP contribution is 2.14. The normalized spacial score (nSPS) is 12.7. The van der Waals surface area contributed by atoms with E-state index in [1.165, 1.54) is 81.8 Å². The SMILES string of the molecule is [CH2]/C(C)=C(\C)CCCCCCCCCCCC. The Labute approximate surface area is 110 Å². The van der Waals surface area contributed by atoms with Crippen LogP contribution in [-0.4, -0.2) is 0 Å². The maximum atomic E-state index is 3.98. The summed E-state index contributed by atoms with van der Waals surface area (Å²) in [6.07, 6.45) is 15.5. The summed E-state index contributed by atoms with van der Waals surface area (Å²) in [5, 5.41) is 0. The van der Waals surface area contributed by atoms with Gasteiger partial charge >= 0.3 is 0 Å². The van der Waals surface area contributed by atoms with E-state index in [0.717, 1.165) is 0 Å². The summed E-state index contributed by atoms with van der Waals surface area (Å²) in [6.45, 7) is 10.6. The Balaban J connectivity index is 3.11. The van der Waals surface area contributed by atoms with Crippen molar-refractivity contribution in [2.75, 3.05) is 0 Å². The number of allylic oxidation sites excluding steroid dienone is 2. The molecule has 0 N–H and O–H groups in total. The maximum absolute atomic E-state index is 3.98. The second-order valence-corrected chi connectivity index (χ2v) is 5.49. The zero-order chi connectivity index (χ0) is 12.9. The Morgan fingerprint density at radius 3 is 1.53 bits per heavy atom. The van der Waals surface area contributed by atoms with Crippen LogP contribution in [0.1, 0.15) is 91.4 Å². The van der Waals surface area contributed by atoms with Crippen molar-refractivity contribution in [3.05, 3.63) is 18.1 Å². The highest BCUT2D eigenvalue weighted by Gasteiger charge is 1.95. The Kier molecular flexibility index (Phi) is 12.0. The van der Waals surface area contributed by atoms with Crippen LogP contribution >= 0.6 is 0 Å². The van der Waals surface area contributed by atoms with Crippen molar-refractivity contribution in [3.63, 3.8) is 0 Å². The summed E-state index contributed by atoms with van der Waals surface area (Å²) < 4.78 is 0. The molecule has 0 amide bonds. The third-order valence-corrected chi connectivity index (χ3v) is 3.63. The average molecular weight is 237 g/mol. The highest BCUT2D eigenvalue weighted by atomic mass is 14.0. The molecule has 0 aromatic carbocycles. The van der Waals surface area contributed by atoms with Crippen LogP contribution < -0.4 is 0 Å². The highest BCUT2D eigenvalue weighted by molar-refractivity contribution is 5.11. The first-order chi connectivity index (χ1) is 8.18. The lowest BCUT2D eigenvalue weighted by Gasteiger charge is -2.04. The fourth-order valence-electron chi connectivity index (χ4n) is 2.09. The zero-order valence-electron chi connectivity index (χ0n) is 12.5. The van der Waals surface area contributed by atoms with Gasteiger partial charge in [-0.25, -0.2) is 0 Å². The molecule has 0 saturated heterocycles. The van der Waals surface area contributed by atoms with Gasteiger partial charge in [0.2, 0.25) is 0 Å². The molecule has 0 heterocycles. The van der Waals surface area contributed by atoms with Crippen molar-refractivity contribution in [2.45, 2.75) is 91.4 Å². The van der Waals surface area contributed by atoms with Gasteiger partial charge in [0.25, 0.3) is 0 Å². The van der Waals surface area contributed by atoms with Gasteiger partial charge in [-0.15, -0.1) is 0 Å². The first kappa shape index (κ1) is 16.7. The average Bonchev–Trinajstić information content (AvgIpc) is 2.31. The zero-order valence-corrected chi connectivity index (χ0v) is 12.5. The second kappa shape index (κ2) is 12.2. The van der Waals surface area contributed by atoms with Crippen LogP contribution in [0.3, 0.4) is 0 Å². The topological polar surface area (TPSA) is 0 Å². The summed E-state index contributed by atoms with van der Waals surface area (Å²) in [4.78, 5) is 0. The predicted molar refractivity (Wildman–Crippen MR) is 80.2 cm³/mol. The fraction of sp³-hybridized carbons (Fsp3) is 0.824. The Morgan fingerprint density at radius 1 is 0.706 bits per heavy atom. The quantitative estimate of drug-likeness (QED) is 0.361. The summed E-state index contributed by atoms with van der Waals surface area (Å²) in [5.74, 6) is 0. The van der Waals surface area contributed by atoms with Crippen LogP contribution in [0, 0.1) is 6.92 Å². The molecule has 101 valence electrons. The minimum Gasteiger partial charge on any atom is -0.0744 e. The van der Waals surface area contributed by atoms with Gasteiger partial charge in [0, 0.05) is 0 Å². The smallest absolute Gasteiger partial charge is 0.0283 e. The molecule has 0 atom stereocenters. The van der Waals surface area contributed by atoms with Gasteiger partial charge in [-0.2, -0.15) is 0 Å². The molecule has 0 aromatic rings. The van der Waals surface area contributed by atoms with E-state index < -0.39 is 0 Å². The van der Waals surface area contributed by atoms with E-state index in [1.807, 2.05) is 0 Å². The van der Waals surface area contributed by atoms with Crippen LogP contribution in [0.15, 0.2) is 11.1 Å². The minimum absolute atomic E-state index is 1.26. The summed E-state index contributed by atoms with van der Waals surface area (Å²) in [5.41, 5.74) is 2.76. The molecular formula is C17H33. The molecule has 0 nitrogen and oxygen atoms in total. The third-order valence-electron chi connectivity index (χ3n) is 3.63. The molecule has 0 saturated carbocycles. The Morgan fingerprint density at radius 2 is 1.12 bits per heavy atom. The van der Waals surface area contributed by atoms with E-state index in [9.17, 15) is 0 Å². The monoisotopic (exact) mass is 237 g/mol. The molecule has 0 fully saturated rings. The Hall–Kier alpha value is -0.260. The number of hydrogen-bond donors (Lipinski definition) is 0. The summed E-state index contributed by atoms with van der Waals surface area (Å²) >= 11 is 0. The van der Waals surface area contributed by atoms with Gasteiger partial charge in [0.15, 0.2) is 0 Å². The molecule has 0 aromatic heterocycles. The molecule has 0 spiro atoms. The first-order valence-corrected chi connectivity index (χ1v) is 7.66. The van der Waals surface area contributed by atoms with E-state index in [1.54, 1.807) is 0 Å². The van der Waals surface area contributed by atoms with E-state index in [2.05, 4.69) is 27.7 Å². The summed E-state index contributed by atoms with van der Waals surface area (Å²) in [6, 6.07) is 0. The lowest BCUT2D eigenvalue weighted by atomic mass is 10.0. The van der Waals surface area contributed by atoms with Crippen molar-refractivity contribution in [3.8, 4) is 0 Å². The third kappa shape index (κ3) is 12.0. The van der Waals surface area contributed by atoms with Crippen LogP contribution in [0.4, 0.5) is 0 Å². The van der Waals surface area contributed by atoms with Gasteiger partial charge in [-0.1, -0.05) is 75.9 Å². The maximum Gasteiger partial charge on any atom is -0.0283 e. The molecule has 0 heteroatoms. The Bertz CT molecular complexity index is 184. The molecule has 17 heavy (non-hydrogen) atoms. The lowest BCUT2D eigenvalue weighted by Crippen LogP contribution is -1.84. The lowest BCUT2D eigenvalue weighted by molar-refractivity contribution is 0.556. The molecule has 0 bridgehead atoms. The van der Waals surface area contributed by atoms with Crippen molar-refractivity contribution in [1.82, 2.24) is 0 Å².